The third-order valence-electron chi connectivity index (χ3n) is 2.70. The molecule has 110 valence electrons. The van der Waals surface area contributed by atoms with E-state index in [0.717, 1.165) is 6.07 Å². The van der Waals surface area contributed by atoms with Gasteiger partial charge in [-0.15, -0.1) is 0 Å². The summed E-state index contributed by atoms with van der Waals surface area (Å²) in [5, 5.41) is 3.22. The quantitative estimate of drug-likeness (QED) is 0.831. The number of rotatable bonds is 5. The van der Waals surface area contributed by atoms with E-state index in [9.17, 15) is 9.18 Å². The molecule has 2 aromatic carbocycles. The van der Waals surface area contributed by atoms with Crippen LogP contribution in [0.4, 0.5) is 15.8 Å². The standard InChI is InChI=1S/C15H14ClFN2O2/c16-10-1-4-12(5-2-10)21-8-7-15(20)19-14-6-3-11(17)9-13(14)18/h1-6,9H,7-8,18H2,(H,19,20). The first-order chi connectivity index (χ1) is 10.0. The predicted molar refractivity (Wildman–Crippen MR) is 81.0 cm³/mol. The third-order valence-corrected chi connectivity index (χ3v) is 2.95. The van der Waals surface area contributed by atoms with Crippen LogP contribution in [0.2, 0.25) is 5.02 Å². The van der Waals surface area contributed by atoms with Crippen molar-refractivity contribution in [3.8, 4) is 5.75 Å². The van der Waals surface area contributed by atoms with Crippen LogP contribution in [0.1, 0.15) is 6.42 Å². The smallest absolute Gasteiger partial charge is 0.227 e. The lowest BCUT2D eigenvalue weighted by molar-refractivity contribution is -0.116. The van der Waals surface area contributed by atoms with Crippen LogP contribution < -0.4 is 15.8 Å². The molecule has 3 N–H and O–H groups in total. The van der Waals surface area contributed by atoms with Crippen molar-refractivity contribution in [2.75, 3.05) is 17.7 Å². The highest BCUT2D eigenvalue weighted by atomic mass is 35.5. The summed E-state index contributed by atoms with van der Waals surface area (Å²) in [6.07, 6.45) is 0.152. The van der Waals surface area contributed by atoms with Gasteiger partial charge < -0.3 is 15.8 Å². The third kappa shape index (κ3) is 4.65. The minimum absolute atomic E-state index is 0.152. The number of nitrogens with one attached hydrogen (secondary N) is 1. The number of carbonyl (C=O) groups is 1. The molecule has 0 atom stereocenters. The molecule has 0 saturated heterocycles. The Morgan fingerprint density at radius 2 is 1.95 bits per heavy atom. The molecule has 4 nitrogen and oxygen atoms in total. The molecule has 2 aromatic rings. The summed E-state index contributed by atoms with van der Waals surface area (Å²) in [7, 11) is 0. The molecular weight excluding hydrogens is 295 g/mol. The van der Waals surface area contributed by atoms with Gasteiger partial charge >= 0.3 is 0 Å². The van der Waals surface area contributed by atoms with Crippen LogP contribution >= 0.6 is 11.6 Å². The van der Waals surface area contributed by atoms with Gasteiger partial charge in [-0.2, -0.15) is 0 Å². The summed E-state index contributed by atoms with van der Waals surface area (Å²) < 4.78 is 18.3. The fourth-order valence-electron chi connectivity index (χ4n) is 1.65. The molecule has 6 heteroatoms. The Hall–Kier alpha value is -2.27. The highest BCUT2D eigenvalue weighted by Crippen LogP contribution is 2.19. The van der Waals surface area contributed by atoms with Gasteiger partial charge in [-0.3, -0.25) is 4.79 Å². The van der Waals surface area contributed by atoms with Gasteiger partial charge in [0.05, 0.1) is 24.4 Å². The van der Waals surface area contributed by atoms with Crippen molar-refractivity contribution in [3.05, 3.63) is 53.3 Å². The highest BCUT2D eigenvalue weighted by Gasteiger charge is 2.06. The Morgan fingerprint density at radius 3 is 2.62 bits per heavy atom. The molecule has 0 aliphatic rings. The fourth-order valence-corrected chi connectivity index (χ4v) is 1.78. The summed E-state index contributed by atoms with van der Waals surface area (Å²) in [6, 6.07) is 10.7. The molecule has 0 radical (unpaired) electrons. The van der Waals surface area contributed by atoms with Crippen LogP contribution in [0, 0.1) is 5.82 Å². The molecule has 0 fully saturated rings. The number of hydrogen-bond donors (Lipinski definition) is 2. The normalized spacial score (nSPS) is 10.2. The van der Waals surface area contributed by atoms with Gasteiger partial charge in [0.2, 0.25) is 5.91 Å². The van der Waals surface area contributed by atoms with Crippen molar-refractivity contribution >= 4 is 28.9 Å². The van der Waals surface area contributed by atoms with E-state index < -0.39 is 5.82 Å². The lowest BCUT2D eigenvalue weighted by atomic mass is 10.2. The SMILES string of the molecule is Nc1cc(F)ccc1NC(=O)CCOc1ccc(Cl)cc1. The molecule has 21 heavy (non-hydrogen) atoms. The van der Waals surface area contributed by atoms with Crippen LogP contribution in [-0.4, -0.2) is 12.5 Å². The molecule has 0 heterocycles. The lowest BCUT2D eigenvalue weighted by Gasteiger charge is -2.09. The van der Waals surface area contributed by atoms with E-state index in [1.807, 2.05) is 0 Å². The van der Waals surface area contributed by atoms with E-state index in [1.54, 1.807) is 24.3 Å². The van der Waals surface area contributed by atoms with Crippen molar-refractivity contribution in [3.63, 3.8) is 0 Å². The molecule has 1 amide bonds. The van der Waals surface area contributed by atoms with E-state index in [1.165, 1.54) is 12.1 Å². The van der Waals surface area contributed by atoms with Gasteiger partial charge in [0.1, 0.15) is 11.6 Å². The lowest BCUT2D eigenvalue weighted by Crippen LogP contribution is -2.16. The maximum absolute atomic E-state index is 12.9. The monoisotopic (exact) mass is 308 g/mol. The second kappa shape index (κ2) is 6.95. The average Bonchev–Trinajstić information content (AvgIpc) is 2.44. The molecule has 0 bridgehead atoms. The highest BCUT2D eigenvalue weighted by molar-refractivity contribution is 6.30. The van der Waals surface area contributed by atoms with Gasteiger partial charge in [-0.1, -0.05) is 11.6 Å². The van der Waals surface area contributed by atoms with Crippen molar-refractivity contribution in [2.24, 2.45) is 0 Å². The summed E-state index contributed by atoms with van der Waals surface area (Å²) in [5.74, 6) is -0.0765. The van der Waals surface area contributed by atoms with Crippen molar-refractivity contribution < 1.29 is 13.9 Å². The largest absolute Gasteiger partial charge is 0.493 e. The zero-order chi connectivity index (χ0) is 15.2. The summed E-state index contributed by atoms with van der Waals surface area (Å²) in [5.41, 5.74) is 6.17. The minimum Gasteiger partial charge on any atom is -0.493 e. The zero-order valence-electron chi connectivity index (χ0n) is 11.1. The number of halogens is 2. The van der Waals surface area contributed by atoms with Crippen molar-refractivity contribution in [2.45, 2.75) is 6.42 Å². The van der Waals surface area contributed by atoms with Crippen LogP contribution in [-0.2, 0) is 4.79 Å². The van der Waals surface area contributed by atoms with Gasteiger partial charge in [0.15, 0.2) is 0 Å². The number of nitrogen functional groups attached to an aromatic ring is 1. The number of carbonyl (C=O) groups excluding carboxylic acids is 1. The van der Waals surface area contributed by atoms with Crippen molar-refractivity contribution in [1.29, 1.82) is 0 Å². The predicted octanol–water partition coefficient (Wildman–Crippen LogP) is 3.47. The first-order valence-corrected chi connectivity index (χ1v) is 6.65. The molecule has 0 saturated carbocycles. The fraction of sp³-hybridized carbons (Fsp3) is 0.133. The average molecular weight is 309 g/mol. The van der Waals surface area contributed by atoms with Gasteiger partial charge in [-0.25, -0.2) is 4.39 Å². The number of nitrogens with two attached hydrogens (primary N) is 1. The Kier molecular flexibility index (Phi) is 5.00. The molecular formula is C15H14ClFN2O2. The van der Waals surface area contributed by atoms with E-state index >= 15 is 0 Å². The summed E-state index contributed by atoms with van der Waals surface area (Å²) in [6.45, 7) is 0.217. The van der Waals surface area contributed by atoms with E-state index in [2.05, 4.69) is 5.32 Å². The maximum Gasteiger partial charge on any atom is 0.227 e. The molecule has 2 rings (SSSR count). The second-order valence-corrected chi connectivity index (χ2v) is 4.77. The minimum atomic E-state index is -0.448. The zero-order valence-corrected chi connectivity index (χ0v) is 11.9. The van der Waals surface area contributed by atoms with Crippen LogP contribution in [0.15, 0.2) is 42.5 Å². The number of ether oxygens (including phenoxy) is 1. The Bertz CT molecular complexity index is 632. The summed E-state index contributed by atoms with van der Waals surface area (Å²) >= 11 is 5.75. The van der Waals surface area contributed by atoms with Crippen molar-refractivity contribution in [1.82, 2.24) is 0 Å². The van der Waals surface area contributed by atoms with Crippen LogP contribution in [0.25, 0.3) is 0 Å². The number of anilines is 2. The maximum atomic E-state index is 12.9. The van der Waals surface area contributed by atoms with Gasteiger partial charge in [-0.05, 0) is 42.5 Å². The van der Waals surface area contributed by atoms with E-state index in [0.29, 0.717) is 16.5 Å². The van der Waals surface area contributed by atoms with Gasteiger partial charge in [0.25, 0.3) is 0 Å². The molecule has 0 spiro atoms. The molecule has 0 unspecified atom stereocenters. The summed E-state index contributed by atoms with van der Waals surface area (Å²) in [4.78, 5) is 11.7. The number of benzene rings is 2. The number of hydrogen-bond acceptors (Lipinski definition) is 3. The van der Waals surface area contributed by atoms with Gasteiger partial charge in [0, 0.05) is 5.02 Å². The van der Waals surface area contributed by atoms with Crippen LogP contribution in [0.3, 0.4) is 0 Å². The van der Waals surface area contributed by atoms with E-state index in [4.69, 9.17) is 22.1 Å². The Labute approximate surface area is 126 Å². The van der Waals surface area contributed by atoms with E-state index in [-0.39, 0.29) is 24.6 Å². The topological polar surface area (TPSA) is 64.3 Å². The molecule has 0 aromatic heterocycles. The Balaban J connectivity index is 1.81. The van der Waals surface area contributed by atoms with Crippen LogP contribution in [0.5, 0.6) is 5.75 Å². The number of amides is 1. The Morgan fingerprint density at radius 1 is 1.24 bits per heavy atom. The first-order valence-electron chi connectivity index (χ1n) is 6.28. The molecule has 0 aliphatic heterocycles. The first kappa shape index (κ1) is 15.1. The molecule has 0 aliphatic carbocycles. The second-order valence-electron chi connectivity index (χ2n) is 4.33.